The van der Waals surface area contributed by atoms with Gasteiger partial charge in [0.05, 0.1) is 12.6 Å². The molecule has 118 valence electrons. The minimum atomic E-state index is 0.396. The molecule has 0 radical (unpaired) electrons. The highest BCUT2D eigenvalue weighted by atomic mass is 35.5. The van der Waals surface area contributed by atoms with Gasteiger partial charge in [0.1, 0.15) is 18.1 Å². The topological polar surface area (TPSA) is 44.2 Å². The summed E-state index contributed by atoms with van der Waals surface area (Å²) >= 11 is 6.09. The minimum absolute atomic E-state index is 0.396. The lowest BCUT2D eigenvalue weighted by molar-refractivity contribution is 0.285. The first kappa shape index (κ1) is 16.8. The van der Waals surface area contributed by atoms with Crippen molar-refractivity contribution in [2.75, 3.05) is 7.11 Å². The lowest BCUT2D eigenvalue weighted by atomic mass is 10.2. The van der Waals surface area contributed by atoms with E-state index >= 15 is 0 Å². The van der Waals surface area contributed by atoms with Crippen LogP contribution in [0.1, 0.15) is 5.56 Å². The number of rotatable bonds is 4. The Morgan fingerprint density at radius 2 is 1.78 bits per heavy atom. The molecule has 0 amide bonds. The van der Waals surface area contributed by atoms with Gasteiger partial charge in [0.15, 0.2) is 11.5 Å². The first-order valence-corrected chi connectivity index (χ1v) is 7.30. The Hall–Kier alpha value is -2.59. The second-order valence-electron chi connectivity index (χ2n) is 4.46. The van der Waals surface area contributed by atoms with Crippen molar-refractivity contribution in [2.45, 2.75) is 6.61 Å². The van der Waals surface area contributed by atoms with E-state index in [0.29, 0.717) is 23.3 Å². The first-order chi connectivity index (χ1) is 11.3. The molecule has 0 bridgehead atoms. The van der Waals surface area contributed by atoms with E-state index < -0.39 is 0 Å². The van der Waals surface area contributed by atoms with Crippen molar-refractivity contribution in [3.63, 3.8) is 0 Å². The van der Waals surface area contributed by atoms with Gasteiger partial charge >= 0.3 is 0 Å². The molecule has 0 saturated carbocycles. The molecule has 0 N–H and O–H groups in total. The number of halogens is 1. The second-order valence-corrected chi connectivity index (χ2v) is 4.82. The lowest BCUT2D eigenvalue weighted by Crippen LogP contribution is -1.98. The van der Waals surface area contributed by atoms with E-state index in [4.69, 9.17) is 21.1 Å². The molecule has 4 nitrogen and oxygen atoms in total. The Morgan fingerprint density at radius 1 is 1.04 bits per heavy atom. The molecule has 0 atom stereocenters. The number of hydrogen-bond acceptors (Lipinski definition) is 4. The van der Waals surface area contributed by atoms with Gasteiger partial charge < -0.3 is 9.47 Å². The van der Waals surface area contributed by atoms with Gasteiger partial charge in [-0.3, -0.25) is 0 Å². The molecule has 0 aliphatic carbocycles. The summed E-state index contributed by atoms with van der Waals surface area (Å²) in [5.74, 6) is 1.23. The number of fused-ring (bicyclic) bond motifs is 1. The van der Waals surface area contributed by atoms with E-state index in [2.05, 4.69) is 23.1 Å². The maximum atomic E-state index is 6.09. The van der Waals surface area contributed by atoms with Crippen LogP contribution in [-0.2, 0) is 6.61 Å². The highest BCUT2D eigenvalue weighted by Crippen LogP contribution is 2.34. The molecule has 0 fully saturated rings. The summed E-state index contributed by atoms with van der Waals surface area (Å²) in [4.78, 5) is 8.16. The van der Waals surface area contributed by atoms with Crippen molar-refractivity contribution in [3.05, 3.63) is 72.7 Å². The highest BCUT2D eigenvalue weighted by Gasteiger charge is 2.10. The van der Waals surface area contributed by atoms with Gasteiger partial charge in [0.2, 0.25) is 0 Å². The van der Waals surface area contributed by atoms with Gasteiger partial charge in [-0.15, -0.1) is 13.2 Å². The van der Waals surface area contributed by atoms with Crippen molar-refractivity contribution in [3.8, 4) is 11.5 Å². The number of aromatic nitrogens is 2. The Labute approximate surface area is 140 Å². The molecule has 3 aromatic rings. The van der Waals surface area contributed by atoms with Crippen LogP contribution < -0.4 is 9.47 Å². The molecule has 0 spiro atoms. The molecule has 0 aliphatic heterocycles. The maximum Gasteiger partial charge on any atom is 0.162 e. The molecule has 2 aromatic carbocycles. The fraction of sp³-hybridized carbons (Fsp3) is 0.111. The van der Waals surface area contributed by atoms with E-state index in [9.17, 15) is 0 Å². The first-order valence-electron chi connectivity index (χ1n) is 6.93. The zero-order valence-corrected chi connectivity index (χ0v) is 13.6. The fourth-order valence-corrected chi connectivity index (χ4v) is 2.24. The van der Waals surface area contributed by atoms with Crippen molar-refractivity contribution in [1.29, 1.82) is 0 Å². The van der Waals surface area contributed by atoms with Crippen LogP contribution in [0.5, 0.6) is 11.5 Å². The van der Waals surface area contributed by atoms with Crippen LogP contribution in [-0.4, -0.2) is 17.1 Å². The molecule has 0 unspecified atom stereocenters. The van der Waals surface area contributed by atoms with Crippen LogP contribution in [0.2, 0.25) is 5.15 Å². The van der Waals surface area contributed by atoms with Crippen LogP contribution in [0, 0.1) is 0 Å². The molecule has 5 heteroatoms. The molecule has 1 heterocycles. The smallest absolute Gasteiger partial charge is 0.162 e. The second kappa shape index (κ2) is 8.15. The summed E-state index contributed by atoms with van der Waals surface area (Å²) in [5, 5.41) is 1.13. The van der Waals surface area contributed by atoms with Crippen molar-refractivity contribution < 1.29 is 9.47 Å². The van der Waals surface area contributed by atoms with Gasteiger partial charge in [0, 0.05) is 11.5 Å². The standard InChI is InChI=1S/C16H13ClN2O2.C2H4/c1-20-14-8-13-12(16(17)19-10-18-13)7-15(14)21-9-11-5-3-2-4-6-11;1-2/h2-8,10H,9H2,1H3;1-2H2. The maximum absolute atomic E-state index is 6.09. The summed E-state index contributed by atoms with van der Waals surface area (Å²) in [5.41, 5.74) is 1.80. The van der Waals surface area contributed by atoms with E-state index in [1.54, 1.807) is 19.2 Å². The highest BCUT2D eigenvalue weighted by molar-refractivity contribution is 6.34. The van der Waals surface area contributed by atoms with Crippen molar-refractivity contribution in [2.24, 2.45) is 0 Å². The quantitative estimate of drug-likeness (QED) is 0.515. The van der Waals surface area contributed by atoms with Gasteiger partial charge in [0.25, 0.3) is 0 Å². The summed E-state index contributed by atoms with van der Waals surface area (Å²) in [6.07, 6.45) is 1.43. The predicted octanol–water partition coefficient (Wildman–Crippen LogP) is 4.67. The predicted molar refractivity (Wildman–Crippen MR) is 93.1 cm³/mol. The van der Waals surface area contributed by atoms with Crippen molar-refractivity contribution in [1.82, 2.24) is 9.97 Å². The number of nitrogens with zero attached hydrogens (tertiary/aromatic N) is 2. The zero-order chi connectivity index (χ0) is 16.7. The van der Waals surface area contributed by atoms with E-state index in [1.807, 2.05) is 30.3 Å². The average molecular weight is 329 g/mol. The van der Waals surface area contributed by atoms with Gasteiger partial charge in [-0.1, -0.05) is 41.9 Å². The lowest BCUT2D eigenvalue weighted by Gasteiger charge is -2.12. The summed E-state index contributed by atoms with van der Waals surface area (Å²) in [7, 11) is 1.60. The van der Waals surface area contributed by atoms with Crippen molar-refractivity contribution >= 4 is 22.5 Å². The molecule has 0 aliphatic rings. The van der Waals surface area contributed by atoms with Gasteiger partial charge in [-0.25, -0.2) is 9.97 Å². The van der Waals surface area contributed by atoms with Gasteiger partial charge in [-0.05, 0) is 11.6 Å². The molecular formula is C18H17ClN2O2. The Bertz CT molecular complexity index is 779. The third-order valence-electron chi connectivity index (χ3n) is 3.11. The molecular weight excluding hydrogens is 312 g/mol. The van der Waals surface area contributed by atoms with Crippen LogP contribution >= 0.6 is 11.6 Å². The Morgan fingerprint density at radius 3 is 2.48 bits per heavy atom. The SMILES string of the molecule is C=C.COc1cc2ncnc(Cl)c2cc1OCc1ccccc1. The fourth-order valence-electron chi connectivity index (χ4n) is 2.04. The van der Waals surface area contributed by atoms with E-state index in [0.717, 1.165) is 16.5 Å². The summed E-state index contributed by atoms with van der Waals surface area (Å²) in [6.45, 7) is 6.45. The molecule has 23 heavy (non-hydrogen) atoms. The number of methoxy groups -OCH3 is 1. The number of hydrogen-bond donors (Lipinski definition) is 0. The van der Waals surface area contributed by atoms with E-state index in [-0.39, 0.29) is 0 Å². The molecule has 1 aromatic heterocycles. The minimum Gasteiger partial charge on any atom is -0.493 e. The number of benzene rings is 2. The van der Waals surface area contributed by atoms with Gasteiger partial charge in [-0.2, -0.15) is 0 Å². The van der Waals surface area contributed by atoms with Crippen LogP contribution in [0.15, 0.2) is 61.9 Å². The monoisotopic (exact) mass is 328 g/mol. The normalized spacial score (nSPS) is 9.83. The van der Waals surface area contributed by atoms with Crippen LogP contribution in [0.25, 0.3) is 10.9 Å². The molecule has 0 saturated heterocycles. The largest absolute Gasteiger partial charge is 0.493 e. The Balaban J connectivity index is 0.000000924. The Kier molecular flexibility index (Phi) is 5.94. The summed E-state index contributed by atoms with van der Waals surface area (Å²) < 4.78 is 11.2. The summed E-state index contributed by atoms with van der Waals surface area (Å²) in [6, 6.07) is 13.5. The third-order valence-corrected chi connectivity index (χ3v) is 3.41. The number of ether oxygens (including phenoxy) is 2. The average Bonchev–Trinajstić information content (AvgIpc) is 2.62. The molecule has 3 rings (SSSR count). The van der Waals surface area contributed by atoms with Crippen LogP contribution in [0.4, 0.5) is 0 Å². The third kappa shape index (κ3) is 3.99. The van der Waals surface area contributed by atoms with Crippen LogP contribution in [0.3, 0.4) is 0 Å². The van der Waals surface area contributed by atoms with E-state index in [1.165, 1.54) is 6.33 Å². The zero-order valence-electron chi connectivity index (χ0n) is 12.8.